The Morgan fingerprint density at radius 3 is 2.75 bits per heavy atom. The van der Waals surface area contributed by atoms with Crippen molar-refractivity contribution in [2.75, 3.05) is 19.6 Å². The van der Waals surface area contributed by atoms with E-state index in [9.17, 15) is 13.6 Å². The molecule has 2 aromatic heterocycles. The summed E-state index contributed by atoms with van der Waals surface area (Å²) in [6, 6.07) is 9.28. The molecule has 10 heteroatoms. The molecule has 2 aliphatic rings. The van der Waals surface area contributed by atoms with Crippen LogP contribution in [0.1, 0.15) is 35.3 Å². The molecule has 168 valence electrons. The van der Waals surface area contributed by atoms with Gasteiger partial charge in [0.15, 0.2) is 5.69 Å². The molecule has 0 unspecified atom stereocenters. The first kappa shape index (κ1) is 20.7. The zero-order valence-corrected chi connectivity index (χ0v) is 17.6. The Kier molecular flexibility index (Phi) is 5.46. The number of nitrogens with zero attached hydrogens (tertiary/aromatic N) is 6. The quantitative estimate of drug-likeness (QED) is 0.636. The van der Waals surface area contributed by atoms with Crippen LogP contribution in [0.3, 0.4) is 0 Å². The number of nitrogens with one attached hydrogen (secondary N) is 1. The molecule has 0 bridgehead atoms. The fourth-order valence-electron chi connectivity index (χ4n) is 4.62. The Labute approximate surface area is 184 Å². The Bertz CT molecular complexity index is 1070. The Morgan fingerprint density at radius 2 is 1.97 bits per heavy atom. The largest absolute Gasteiger partial charge is 0.337 e. The van der Waals surface area contributed by atoms with Gasteiger partial charge in [-0.05, 0) is 18.4 Å². The van der Waals surface area contributed by atoms with E-state index < -0.39 is 12.0 Å². The van der Waals surface area contributed by atoms with Gasteiger partial charge in [0.1, 0.15) is 0 Å². The number of amides is 1. The van der Waals surface area contributed by atoms with Crippen LogP contribution in [0.4, 0.5) is 8.78 Å². The number of hydrogen-bond acceptors (Lipinski definition) is 5. The van der Waals surface area contributed by atoms with Gasteiger partial charge < -0.3 is 4.90 Å². The van der Waals surface area contributed by atoms with Crippen LogP contribution in [0.15, 0.2) is 42.7 Å². The van der Waals surface area contributed by atoms with Crippen molar-refractivity contribution in [2.45, 2.75) is 44.3 Å². The molecule has 3 aromatic rings. The fourth-order valence-corrected chi connectivity index (χ4v) is 4.62. The molecular weight excluding hydrogens is 416 g/mol. The van der Waals surface area contributed by atoms with Crippen molar-refractivity contribution < 1.29 is 13.6 Å². The number of carbonyl (C=O) groups is 1. The molecule has 5 rings (SSSR count). The topological polar surface area (TPSA) is 82.9 Å². The molecule has 1 N–H and O–H groups in total. The SMILES string of the molecule is O=C(c1cn(C[C@@H]2CC(F)(F)CN2Cc2cn[nH]c2-c2ccccc2)nn1)N1CCCC1. The average molecular weight is 441 g/mol. The second kappa shape index (κ2) is 8.42. The van der Waals surface area contributed by atoms with Gasteiger partial charge in [-0.25, -0.2) is 8.78 Å². The molecule has 32 heavy (non-hydrogen) atoms. The minimum Gasteiger partial charge on any atom is -0.337 e. The van der Waals surface area contributed by atoms with Crippen LogP contribution in [0, 0.1) is 0 Å². The monoisotopic (exact) mass is 441 g/mol. The number of carbonyl (C=O) groups excluding carboxylic acids is 1. The van der Waals surface area contributed by atoms with Crippen LogP contribution in [0.5, 0.6) is 0 Å². The average Bonchev–Trinajstić information content (AvgIpc) is 3.56. The second-order valence-corrected chi connectivity index (χ2v) is 8.58. The fraction of sp³-hybridized carbons (Fsp3) is 0.455. The smallest absolute Gasteiger partial charge is 0.276 e. The third-order valence-electron chi connectivity index (χ3n) is 6.19. The van der Waals surface area contributed by atoms with E-state index in [1.54, 1.807) is 22.2 Å². The van der Waals surface area contributed by atoms with E-state index in [-0.39, 0.29) is 31.1 Å². The summed E-state index contributed by atoms with van der Waals surface area (Å²) in [5.74, 6) is -2.93. The van der Waals surface area contributed by atoms with Gasteiger partial charge in [0.2, 0.25) is 0 Å². The minimum atomic E-state index is -2.78. The lowest BCUT2D eigenvalue weighted by Crippen LogP contribution is -2.33. The number of aromatic nitrogens is 5. The lowest BCUT2D eigenvalue weighted by molar-refractivity contribution is 0.0113. The summed E-state index contributed by atoms with van der Waals surface area (Å²) in [6.07, 6.45) is 4.98. The van der Waals surface area contributed by atoms with E-state index in [0.717, 1.165) is 42.8 Å². The summed E-state index contributed by atoms with van der Waals surface area (Å²) in [4.78, 5) is 16.0. The highest BCUT2D eigenvalue weighted by Crippen LogP contribution is 2.35. The van der Waals surface area contributed by atoms with Crippen molar-refractivity contribution >= 4 is 5.91 Å². The number of H-pyrrole nitrogens is 1. The van der Waals surface area contributed by atoms with Crippen molar-refractivity contribution in [3.8, 4) is 11.3 Å². The first-order valence-corrected chi connectivity index (χ1v) is 10.9. The van der Waals surface area contributed by atoms with E-state index in [1.165, 1.54) is 4.68 Å². The third kappa shape index (κ3) is 4.27. The Balaban J connectivity index is 1.31. The molecule has 1 atom stereocenters. The lowest BCUT2D eigenvalue weighted by atomic mass is 10.1. The molecule has 1 amide bonds. The van der Waals surface area contributed by atoms with Crippen molar-refractivity contribution in [1.82, 2.24) is 35.0 Å². The number of halogens is 2. The van der Waals surface area contributed by atoms with Crippen LogP contribution in [0.25, 0.3) is 11.3 Å². The highest BCUT2D eigenvalue weighted by molar-refractivity contribution is 5.92. The molecule has 8 nitrogen and oxygen atoms in total. The molecule has 1 aromatic carbocycles. The van der Waals surface area contributed by atoms with Crippen molar-refractivity contribution in [1.29, 1.82) is 0 Å². The van der Waals surface area contributed by atoms with Crippen LogP contribution in [-0.2, 0) is 13.1 Å². The van der Waals surface area contributed by atoms with Gasteiger partial charge in [-0.3, -0.25) is 19.5 Å². The van der Waals surface area contributed by atoms with Crippen molar-refractivity contribution in [3.63, 3.8) is 0 Å². The number of aromatic amines is 1. The van der Waals surface area contributed by atoms with Gasteiger partial charge in [-0.15, -0.1) is 5.10 Å². The summed E-state index contributed by atoms with van der Waals surface area (Å²) in [5, 5.41) is 15.2. The van der Waals surface area contributed by atoms with Crippen molar-refractivity contribution in [2.24, 2.45) is 0 Å². The van der Waals surface area contributed by atoms with Crippen LogP contribution in [-0.4, -0.2) is 72.5 Å². The number of hydrogen-bond donors (Lipinski definition) is 1. The number of benzene rings is 1. The van der Waals surface area contributed by atoms with Gasteiger partial charge in [-0.2, -0.15) is 5.10 Å². The van der Waals surface area contributed by atoms with E-state index >= 15 is 0 Å². The van der Waals surface area contributed by atoms with Crippen LogP contribution < -0.4 is 0 Å². The molecular formula is C22H25F2N7O. The van der Waals surface area contributed by atoms with Crippen LogP contribution >= 0.6 is 0 Å². The lowest BCUT2D eigenvalue weighted by Gasteiger charge is -2.23. The van der Waals surface area contributed by atoms with Gasteiger partial charge in [0.25, 0.3) is 11.8 Å². The number of likely N-dealkylation sites (tertiary alicyclic amines) is 2. The van der Waals surface area contributed by atoms with Gasteiger partial charge >= 0.3 is 0 Å². The number of rotatable bonds is 6. The van der Waals surface area contributed by atoms with Gasteiger partial charge in [-0.1, -0.05) is 35.5 Å². The van der Waals surface area contributed by atoms with Crippen molar-refractivity contribution in [3.05, 3.63) is 54.0 Å². The second-order valence-electron chi connectivity index (χ2n) is 8.58. The minimum absolute atomic E-state index is 0.145. The Hall–Kier alpha value is -3.14. The van der Waals surface area contributed by atoms with E-state index in [1.807, 2.05) is 30.3 Å². The maximum atomic E-state index is 14.4. The third-order valence-corrected chi connectivity index (χ3v) is 6.19. The Morgan fingerprint density at radius 1 is 1.19 bits per heavy atom. The molecule has 2 saturated heterocycles. The molecule has 0 spiro atoms. The van der Waals surface area contributed by atoms with Gasteiger partial charge in [0.05, 0.1) is 31.2 Å². The molecule has 0 saturated carbocycles. The standard InChI is InChI=1S/C22H25F2N7O/c23-22(24)10-18(13-31-14-19(26-28-31)21(32)29-8-4-5-9-29)30(15-22)12-17-11-25-27-20(17)16-6-2-1-3-7-16/h1-3,6-7,11,14,18H,4-5,8-10,12-13,15H2,(H,25,27)/t18-/m0/s1. The van der Waals surface area contributed by atoms with Crippen LogP contribution in [0.2, 0.25) is 0 Å². The molecule has 2 aliphatic heterocycles. The zero-order valence-electron chi connectivity index (χ0n) is 17.6. The highest BCUT2D eigenvalue weighted by Gasteiger charge is 2.45. The zero-order chi connectivity index (χ0) is 22.1. The molecule has 0 aliphatic carbocycles. The predicted molar refractivity (Wildman–Crippen MR) is 113 cm³/mol. The summed E-state index contributed by atoms with van der Waals surface area (Å²) < 4.78 is 30.2. The highest BCUT2D eigenvalue weighted by atomic mass is 19.3. The summed E-state index contributed by atoms with van der Waals surface area (Å²) in [5.41, 5.74) is 2.93. The first-order chi connectivity index (χ1) is 15.5. The van der Waals surface area contributed by atoms with Gasteiger partial charge in [0, 0.05) is 37.7 Å². The maximum Gasteiger partial charge on any atom is 0.276 e. The summed E-state index contributed by atoms with van der Waals surface area (Å²) in [6.45, 7) is 1.71. The summed E-state index contributed by atoms with van der Waals surface area (Å²) >= 11 is 0. The van der Waals surface area contributed by atoms with E-state index in [0.29, 0.717) is 6.54 Å². The van der Waals surface area contributed by atoms with E-state index in [2.05, 4.69) is 20.5 Å². The van der Waals surface area contributed by atoms with E-state index in [4.69, 9.17) is 0 Å². The molecule has 0 radical (unpaired) electrons. The predicted octanol–water partition coefficient (Wildman–Crippen LogP) is 2.81. The summed E-state index contributed by atoms with van der Waals surface area (Å²) in [7, 11) is 0. The first-order valence-electron chi connectivity index (χ1n) is 10.9. The normalized spacial score (nSPS) is 20.8. The molecule has 4 heterocycles. The number of alkyl halides is 2. The maximum absolute atomic E-state index is 14.4. The molecule has 2 fully saturated rings.